The lowest BCUT2D eigenvalue weighted by Gasteiger charge is -2.12. The molecule has 3 rings (SSSR count). The molecule has 2 atom stereocenters. The highest BCUT2D eigenvalue weighted by Gasteiger charge is 2.64. The van der Waals surface area contributed by atoms with Crippen molar-refractivity contribution in [1.82, 2.24) is 5.32 Å². The second-order valence-corrected chi connectivity index (χ2v) is 7.67. The van der Waals surface area contributed by atoms with Crippen molar-refractivity contribution in [2.45, 2.75) is 47.0 Å². The third-order valence-electron chi connectivity index (χ3n) is 6.41. The summed E-state index contributed by atoms with van der Waals surface area (Å²) in [5.74, 6) is 3.12. The highest BCUT2D eigenvalue weighted by Crippen LogP contribution is 2.68. The summed E-state index contributed by atoms with van der Waals surface area (Å²) in [7, 11) is 0. The van der Waals surface area contributed by atoms with Crippen molar-refractivity contribution in [2.24, 2.45) is 34.5 Å². The van der Waals surface area contributed by atoms with Crippen LogP contribution in [0, 0.1) is 34.5 Å². The maximum absolute atomic E-state index is 12.1. The van der Waals surface area contributed by atoms with Crippen LogP contribution in [0.25, 0.3) is 0 Å². The largest absolute Gasteiger partial charge is 0.356 e. The van der Waals surface area contributed by atoms with Gasteiger partial charge in [-0.05, 0) is 47.8 Å². The molecule has 0 aromatic heterocycles. The van der Waals surface area contributed by atoms with Crippen molar-refractivity contribution in [2.75, 3.05) is 6.54 Å². The highest BCUT2D eigenvalue weighted by atomic mass is 16.1. The zero-order valence-corrected chi connectivity index (χ0v) is 11.5. The van der Waals surface area contributed by atoms with Gasteiger partial charge in [-0.15, -0.1) is 0 Å². The lowest BCUT2D eigenvalue weighted by molar-refractivity contribution is -0.125. The smallest absolute Gasteiger partial charge is 0.223 e. The topological polar surface area (TPSA) is 29.1 Å². The minimum absolute atomic E-state index is 0.329. The number of hydrogen-bond donors (Lipinski definition) is 1. The maximum atomic E-state index is 12.1. The van der Waals surface area contributed by atoms with E-state index in [-0.39, 0.29) is 0 Å². The Kier molecular flexibility index (Phi) is 2.22. The van der Waals surface area contributed by atoms with Crippen molar-refractivity contribution in [3.63, 3.8) is 0 Å². The molecular formula is C15H25NO. The Morgan fingerprint density at radius 2 is 1.59 bits per heavy atom. The Morgan fingerprint density at radius 3 is 2.06 bits per heavy atom. The standard InChI is InChI=1S/C15H25NO/c1-14(2)12(15(14,3)4)8-16-13(17)11-6-9-5-10(9)7-11/h9-12H,5-8H2,1-4H3,(H,16,17). The average Bonchev–Trinajstić information content (AvgIpc) is 2.96. The van der Waals surface area contributed by atoms with Gasteiger partial charge in [0, 0.05) is 12.5 Å². The van der Waals surface area contributed by atoms with Crippen molar-refractivity contribution < 1.29 is 4.79 Å². The third kappa shape index (κ3) is 1.63. The summed E-state index contributed by atoms with van der Waals surface area (Å²) in [6, 6.07) is 0. The lowest BCUT2D eigenvalue weighted by atomic mass is 10.0. The van der Waals surface area contributed by atoms with Crippen molar-refractivity contribution in [1.29, 1.82) is 0 Å². The fourth-order valence-electron chi connectivity index (χ4n) is 4.12. The quantitative estimate of drug-likeness (QED) is 0.800. The van der Waals surface area contributed by atoms with Crippen molar-refractivity contribution in [3.05, 3.63) is 0 Å². The summed E-state index contributed by atoms with van der Waals surface area (Å²) in [6.45, 7) is 10.1. The third-order valence-corrected chi connectivity index (χ3v) is 6.41. The van der Waals surface area contributed by atoms with Crippen LogP contribution in [-0.2, 0) is 4.79 Å². The summed E-state index contributed by atoms with van der Waals surface area (Å²) in [4.78, 5) is 12.1. The number of carbonyl (C=O) groups excluding carboxylic acids is 1. The minimum atomic E-state index is 0.329. The molecule has 0 bridgehead atoms. The molecule has 1 amide bonds. The normalized spacial score (nSPS) is 40.8. The molecule has 0 spiro atoms. The Balaban J connectivity index is 1.47. The lowest BCUT2D eigenvalue weighted by Crippen LogP contribution is -2.32. The van der Waals surface area contributed by atoms with Crippen LogP contribution in [0.5, 0.6) is 0 Å². The van der Waals surface area contributed by atoms with Gasteiger partial charge in [0.1, 0.15) is 0 Å². The van der Waals surface area contributed by atoms with E-state index in [4.69, 9.17) is 0 Å². The Labute approximate surface area is 105 Å². The molecule has 17 heavy (non-hydrogen) atoms. The van der Waals surface area contributed by atoms with Gasteiger partial charge < -0.3 is 5.32 Å². The fraction of sp³-hybridized carbons (Fsp3) is 0.933. The summed E-state index contributed by atoms with van der Waals surface area (Å²) < 4.78 is 0. The summed E-state index contributed by atoms with van der Waals surface area (Å²) >= 11 is 0. The van der Waals surface area contributed by atoms with E-state index >= 15 is 0 Å². The van der Waals surface area contributed by atoms with Crippen LogP contribution in [0.2, 0.25) is 0 Å². The first-order valence-corrected chi connectivity index (χ1v) is 7.11. The minimum Gasteiger partial charge on any atom is -0.356 e. The molecule has 3 saturated carbocycles. The number of nitrogens with one attached hydrogen (secondary N) is 1. The van der Waals surface area contributed by atoms with E-state index in [9.17, 15) is 4.79 Å². The number of fused-ring (bicyclic) bond motifs is 1. The average molecular weight is 235 g/mol. The monoisotopic (exact) mass is 235 g/mol. The van der Waals surface area contributed by atoms with E-state index in [2.05, 4.69) is 33.0 Å². The maximum Gasteiger partial charge on any atom is 0.223 e. The molecule has 0 aromatic rings. The fourth-order valence-corrected chi connectivity index (χ4v) is 4.12. The Morgan fingerprint density at radius 1 is 1.06 bits per heavy atom. The van der Waals surface area contributed by atoms with E-state index in [1.165, 1.54) is 6.42 Å². The van der Waals surface area contributed by atoms with Gasteiger partial charge in [0.2, 0.25) is 5.91 Å². The first-order valence-electron chi connectivity index (χ1n) is 7.11. The van der Waals surface area contributed by atoms with E-state index in [0.29, 0.717) is 28.6 Å². The van der Waals surface area contributed by atoms with E-state index < -0.39 is 0 Å². The Hall–Kier alpha value is -0.530. The molecule has 1 N–H and O–H groups in total. The number of hydrogen-bond acceptors (Lipinski definition) is 1. The van der Waals surface area contributed by atoms with Crippen LogP contribution in [0.4, 0.5) is 0 Å². The molecule has 0 aliphatic heterocycles. The zero-order chi connectivity index (χ0) is 12.4. The van der Waals surface area contributed by atoms with Gasteiger partial charge in [-0.1, -0.05) is 27.7 Å². The molecule has 2 unspecified atom stereocenters. The predicted molar refractivity (Wildman–Crippen MR) is 68.4 cm³/mol. The van der Waals surface area contributed by atoms with Gasteiger partial charge >= 0.3 is 0 Å². The van der Waals surface area contributed by atoms with Crippen LogP contribution < -0.4 is 5.32 Å². The van der Waals surface area contributed by atoms with Crippen molar-refractivity contribution in [3.8, 4) is 0 Å². The predicted octanol–water partition coefficient (Wildman–Crippen LogP) is 2.83. The summed E-state index contributed by atoms with van der Waals surface area (Å²) in [5.41, 5.74) is 0.774. The van der Waals surface area contributed by atoms with Gasteiger partial charge in [0.25, 0.3) is 0 Å². The van der Waals surface area contributed by atoms with E-state index in [1.54, 1.807) is 0 Å². The molecule has 96 valence electrons. The van der Waals surface area contributed by atoms with Crippen LogP contribution >= 0.6 is 0 Å². The molecule has 0 heterocycles. The van der Waals surface area contributed by atoms with E-state index in [1.807, 2.05) is 0 Å². The van der Waals surface area contributed by atoms with Gasteiger partial charge in [0.15, 0.2) is 0 Å². The number of carbonyl (C=O) groups is 1. The molecule has 0 aromatic carbocycles. The molecule has 3 fully saturated rings. The number of rotatable bonds is 3. The van der Waals surface area contributed by atoms with Crippen LogP contribution in [0.1, 0.15) is 47.0 Å². The second-order valence-electron chi connectivity index (χ2n) is 7.67. The zero-order valence-electron chi connectivity index (χ0n) is 11.5. The molecule has 0 saturated heterocycles. The van der Waals surface area contributed by atoms with Crippen molar-refractivity contribution >= 4 is 5.91 Å². The van der Waals surface area contributed by atoms with E-state index in [0.717, 1.165) is 31.2 Å². The van der Waals surface area contributed by atoms with Gasteiger partial charge in [-0.25, -0.2) is 0 Å². The first kappa shape index (κ1) is 11.6. The molecule has 2 heteroatoms. The Bertz CT molecular complexity index is 334. The van der Waals surface area contributed by atoms with Crippen LogP contribution in [-0.4, -0.2) is 12.5 Å². The molecule has 2 nitrogen and oxygen atoms in total. The van der Waals surface area contributed by atoms with Crippen LogP contribution in [0.15, 0.2) is 0 Å². The number of amides is 1. The molecular weight excluding hydrogens is 210 g/mol. The molecule has 3 aliphatic rings. The van der Waals surface area contributed by atoms with Gasteiger partial charge in [0.05, 0.1) is 0 Å². The summed E-state index contributed by atoms with van der Waals surface area (Å²) in [5, 5.41) is 3.20. The van der Waals surface area contributed by atoms with Gasteiger partial charge in [-0.2, -0.15) is 0 Å². The van der Waals surface area contributed by atoms with Gasteiger partial charge in [-0.3, -0.25) is 4.79 Å². The SMILES string of the molecule is CC1(C)C(CNC(=O)C2CC3CC3C2)C1(C)C. The van der Waals surface area contributed by atoms with Crippen LogP contribution in [0.3, 0.4) is 0 Å². The molecule has 0 radical (unpaired) electrons. The summed E-state index contributed by atoms with van der Waals surface area (Å²) in [6.07, 6.45) is 3.72. The highest BCUT2D eigenvalue weighted by molar-refractivity contribution is 5.79. The first-order chi connectivity index (χ1) is 7.84. The molecule has 3 aliphatic carbocycles. The second kappa shape index (κ2) is 3.27.